The van der Waals surface area contributed by atoms with E-state index in [0.717, 1.165) is 25.8 Å². The fourth-order valence-corrected chi connectivity index (χ4v) is 1.43. The molecule has 1 atom stereocenters. The third-order valence-electron chi connectivity index (χ3n) is 2.26. The first-order valence-corrected chi connectivity index (χ1v) is 4.82. The second-order valence-corrected chi connectivity index (χ2v) is 3.30. The number of hydrogen-bond donors (Lipinski definition) is 2. The number of esters is 1. The van der Waals surface area contributed by atoms with Gasteiger partial charge in [0.25, 0.3) is 0 Å². The Balaban J connectivity index is 2.23. The van der Waals surface area contributed by atoms with Crippen molar-refractivity contribution < 1.29 is 14.3 Å². The summed E-state index contributed by atoms with van der Waals surface area (Å²) in [5.41, 5.74) is 0. The van der Waals surface area contributed by atoms with Crippen LogP contribution < -0.4 is 10.6 Å². The molecule has 0 spiro atoms. The van der Waals surface area contributed by atoms with Gasteiger partial charge in [0.2, 0.25) is 5.91 Å². The summed E-state index contributed by atoms with van der Waals surface area (Å²) >= 11 is 0. The van der Waals surface area contributed by atoms with Gasteiger partial charge in [0.15, 0.2) is 0 Å². The van der Waals surface area contributed by atoms with Gasteiger partial charge in [-0.2, -0.15) is 0 Å². The van der Waals surface area contributed by atoms with Crippen molar-refractivity contribution in [1.29, 1.82) is 0 Å². The molecule has 0 aliphatic carbocycles. The number of nitrogens with one attached hydrogen (secondary N) is 2. The minimum Gasteiger partial charge on any atom is -0.468 e. The van der Waals surface area contributed by atoms with Crippen LogP contribution in [0.4, 0.5) is 0 Å². The molecule has 1 saturated heterocycles. The second kappa shape index (κ2) is 5.59. The molecule has 1 fully saturated rings. The van der Waals surface area contributed by atoms with E-state index in [1.165, 1.54) is 7.11 Å². The van der Waals surface area contributed by atoms with Crippen LogP contribution in [0.5, 0.6) is 0 Å². The van der Waals surface area contributed by atoms with Crippen molar-refractivity contribution in [3.8, 4) is 0 Å². The summed E-state index contributed by atoms with van der Waals surface area (Å²) in [6.07, 6.45) is 3.01. The Hall–Kier alpha value is -1.10. The zero-order chi connectivity index (χ0) is 10.4. The maximum absolute atomic E-state index is 11.4. The van der Waals surface area contributed by atoms with E-state index >= 15 is 0 Å². The Kier molecular flexibility index (Phi) is 4.39. The maximum Gasteiger partial charge on any atom is 0.325 e. The number of ether oxygens (including phenoxy) is 1. The summed E-state index contributed by atoms with van der Waals surface area (Å²) in [4.78, 5) is 22.2. The van der Waals surface area contributed by atoms with Gasteiger partial charge in [0.05, 0.1) is 13.2 Å². The molecule has 1 amide bonds. The molecule has 80 valence electrons. The first kappa shape index (κ1) is 11.0. The van der Waals surface area contributed by atoms with E-state index in [9.17, 15) is 9.59 Å². The van der Waals surface area contributed by atoms with Gasteiger partial charge < -0.3 is 15.4 Å². The smallest absolute Gasteiger partial charge is 0.325 e. The zero-order valence-corrected chi connectivity index (χ0v) is 8.34. The highest BCUT2D eigenvalue weighted by Gasteiger charge is 2.20. The molecule has 0 saturated carbocycles. The lowest BCUT2D eigenvalue weighted by molar-refractivity contribution is -0.141. The van der Waals surface area contributed by atoms with Gasteiger partial charge in [-0.25, -0.2) is 0 Å². The quantitative estimate of drug-likeness (QED) is 0.598. The molecule has 1 heterocycles. The van der Waals surface area contributed by atoms with Crippen LogP contribution in [-0.2, 0) is 14.3 Å². The van der Waals surface area contributed by atoms with Gasteiger partial charge >= 0.3 is 5.97 Å². The van der Waals surface area contributed by atoms with E-state index < -0.39 is 5.97 Å². The van der Waals surface area contributed by atoms with Crippen LogP contribution in [0.3, 0.4) is 0 Å². The van der Waals surface area contributed by atoms with Gasteiger partial charge in [-0.15, -0.1) is 0 Å². The predicted molar refractivity (Wildman–Crippen MR) is 50.7 cm³/mol. The van der Waals surface area contributed by atoms with Crippen LogP contribution in [0.1, 0.15) is 19.3 Å². The van der Waals surface area contributed by atoms with Crippen molar-refractivity contribution in [3.63, 3.8) is 0 Å². The number of amides is 1. The molecular formula is C9H16N2O3. The molecule has 1 aliphatic heterocycles. The predicted octanol–water partition coefficient (Wildman–Crippen LogP) is -0.582. The van der Waals surface area contributed by atoms with E-state index in [2.05, 4.69) is 15.4 Å². The minimum absolute atomic E-state index is 0.0481. The van der Waals surface area contributed by atoms with Crippen LogP contribution in [0, 0.1) is 0 Å². The molecule has 0 unspecified atom stereocenters. The van der Waals surface area contributed by atoms with Crippen LogP contribution in [0.15, 0.2) is 0 Å². The Bertz CT molecular complexity index is 212. The maximum atomic E-state index is 11.4. The topological polar surface area (TPSA) is 67.4 Å². The van der Waals surface area contributed by atoms with Gasteiger partial charge in [0, 0.05) is 0 Å². The number of methoxy groups -OCH3 is 1. The highest BCUT2D eigenvalue weighted by molar-refractivity contribution is 5.85. The Morgan fingerprint density at radius 3 is 2.86 bits per heavy atom. The summed E-state index contributed by atoms with van der Waals surface area (Å²) in [6.45, 7) is 0.823. The molecule has 0 aromatic rings. The van der Waals surface area contributed by atoms with Crippen molar-refractivity contribution in [3.05, 3.63) is 0 Å². The Morgan fingerprint density at radius 1 is 1.50 bits per heavy atom. The van der Waals surface area contributed by atoms with Crippen LogP contribution in [-0.4, -0.2) is 38.1 Å². The number of hydrogen-bond acceptors (Lipinski definition) is 4. The zero-order valence-electron chi connectivity index (χ0n) is 8.34. The van der Waals surface area contributed by atoms with E-state index in [1.807, 2.05) is 0 Å². The highest BCUT2D eigenvalue weighted by Crippen LogP contribution is 2.06. The van der Waals surface area contributed by atoms with Gasteiger partial charge in [-0.1, -0.05) is 6.42 Å². The highest BCUT2D eigenvalue weighted by atomic mass is 16.5. The van der Waals surface area contributed by atoms with E-state index in [0.29, 0.717) is 0 Å². The van der Waals surface area contributed by atoms with Crippen molar-refractivity contribution in [2.24, 2.45) is 0 Å². The molecule has 14 heavy (non-hydrogen) atoms. The number of carbonyl (C=O) groups is 2. The van der Waals surface area contributed by atoms with Crippen molar-refractivity contribution in [1.82, 2.24) is 10.6 Å². The monoisotopic (exact) mass is 200 g/mol. The lowest BCUT2D eigenvalue weighted by Crippen LogP contribution is -2.47. The van der Waals surface area contributed by atoms with Crippen molar-refractivity contribution in [2.75, 3.05) is 20.2 Å². The molecule has 1 aliphatic rings. The molecule has 0 aromatic carbocycles. The van der Waals surface area contributed by atoms with Crippen LogP contribution >= 0.6 is 0 Å². The summed E-state index contributed by atoms with van der Waals surface area (Å²) < 4.78 is 4.41. The summed E-state index contributed by atoms with van der Waals surface area (Å²) in [6, 6.07) is -0.145. The number of rotatable bonds is 3. The summed E-state index contributed by atoms with van der Waals surface area (Å²) in [5.74, 6) is -0.538. The Labute approximate surface area is 83.2 Å². The fraction of sp³-hybridized carbons (Fsp3) is 0.778. The number of piperidine rings is 1. The first-order valence-electron chi connectivity index (χ1n) is 4.82. The summed E-state index contributed by atoms with van der Waals surface area (Å²) in [7, 11) is 1.30. The third kappa shape index (κ3) is 3.33. The molecule has 2 N–H and O–H groups in total. The SMILES string of the molecule is COC(=O)CNC(=O)[C@@H]1CCCCN1. The lowest BCUT2D eigenvalue weighted by Gasteiger charge is -2.22. The standard InChI is InChI=1S/C9H16N2O3/c1-14-8(12)6-11-9(13)7-4-2-3-5-10-7/h7,10H,2-6H2,1H3,(H,11,13)/t7-/m0/s1. The van der Waals surface area contributed by atoms with E-state index in [1.54, 1.807) is 0 Å². The molecule has 0 radical (unpaired) electrons. The van der Waals surface area contributed by atoms with E-state index in [-0.39, 0.29) is 18.5 Å². The van der Waals surface area contributed by atoms with Gasteiger partial charge in [-0.05, 0) is 19.4 Å². The second-order valence-electron chi connectivity index (χ2n) is 3.30. The van der Waals surface area contributed by atoms with Gasteiger partial charge in [-0.3, -0.25) is 9.59 Å². The van der Waals surface area contributed by atoms with E-state index in [4.69, 9.17) is 0 Å². The Morgan fingerprint density at radius 2 is 2.29 bits per heavy atom. The van der Waals surface area contributed by atoms with Crippen molar-refractivity contribution in [2.45, 2.75) is 25.3 Å². The molecule has 0 bridgehead atoms. The average molecular weight is 200 g/mol. The lowest BCUT2D eigenvalue weighted by atomic mass is 10.0. The minimum atomic E-state index is -0.422. The molecule has 5 heteroatoms. The fourth-order valence-electron chi connectivity index (χ4n) is 1.43. The average Bonchev–Trinajstić information content (AvgIpc) is 2.26. The van der Waals surface area contributed by atoms with Crippen LogP contribution in [0.2, 0.25) is 0 Å². The van der Waals surface area contributed by atoms with Gasteiger partial charge in [0.1, 0.15) is 6.54 Å². The summed E-state index contributed by atoms with van der Waals surface area (Å²) in [5, 5.41) is 5.62. The largest absolute Gasteiger partial charge is 0.468 e. The molecular weight excluding hydrogens is 184 g/mol. The van der Waals surface area contributed by atoms with Crippen LogP contribution in [0.25, 0.3) is 0 Å². The van der Waals surface area contributed by atoms with Crippen molar-refractivity contribution >= 4 is 11.9 Å². The third-order valence-corrected chi connectivity index (χ3v) is 2.26. The first-order chi connectivity index (χ1) is 6.74. The molecule has 0 aromatic heterocycles. The molecule has 5 nitrogen and oxygen atoms in total. The number of carbonyl (C=O) groups excluding carboxylic acids is 2. The normalized spacial score (nSPS) is 21.4. The molecule has 1 rings (SSSR count).